The molecule has 0 aliphatic carbocycles. The Balaban J connectivity index is 1.40. The highest BCUT2D eigenvalue weighted by molar-refractivity contribution is 5.88. The molecular weight excluding hydrogens is 346 g/mol. The average Bonchev–Trinajstić information content (AvgIpc) is 2.68. The van der Waals surface area contributed by atoms with Crippen LogP contribution >= 0.6 is 0 Å². The molecule has 6 heteroatoms. The molecular formula is C21H27NO5. The molecule has 27 heavy (non-hydrogen) atoms. The topological polar surface area (TPSA) is 66.0 Å². The van der Waals surface area contributed by atoms with E-state index in [1.807, 2.05) is 42.5 Å². The fourth-order valence-electron chi connectivity index (χ4n) is 2.26. The van der Waals surface area contributed by atoms with Crippen LogP contribution in [0.15, 0.2) is 54.6 Å². The van der Waals surface area contributed by atoms with Crippen molar-refractivity contribution in [2.45, 2.75) is 13.5 Å². The lowest BCUT2D eigenvalue weighted by molar-refractivity contribution is -0.114. The molecule has 146 valence electrons. The van der Waals surface area contributed by atoms with Crippen molar-refractivity contribution in [2.75, 3.05) is 45.0 Å². The average molecular weight is 373 g/mol. The fourth-order valence-corrected chi connectivity index (χ4v) is 2.26. The summed E-state index contributed by atoms with van der Waals surface area (Å²) in [6, 6.07) is 17.3. The predicted octanol–water partition coefficient (Wildman–Crippen LogP) is 3.27. The Kier molecular flexibility index (Phi) is 9.96. The number of benzene rings is 2. The summed E-state index contributed by atoms with van der Waals surface area (Å²) in [5, 5.41) is 2.71. The van der Waals surface area contributed by atoms with Crippen LogP contribution in [-0.4, -0.2) is 45.5 Å². The van der Waals surface area contributed by atoms with E-state index in [4.69, 9.17) is 18.9 Å². The largest absolute Gasteiger partial charge is 0.491 e. The van der Waals surface area contributed by atoms with Gasteiger partial charge in [0.1, 0.15) is 12.4 Å². The first-order valence-electron chi connectivity index (χ1n) is 9.01. The van der Waals surface area contributed by atoms with Crippen LogP contribution in [0.1, 0.15) is 12.5 Å². The molecule has 2 aromatic rings. The van der Waals surface area contributed by atoms with Crippen molar-refractivity contribution < 1.29 is 23.7 Å². The lowest BCUT2D eigenvalue weighted by Crippen LogP contribution is -2.12. The molecule has 0 atom stereocenters. The van der Waals surface area contributed by atoms with Gasteiger partial charge in [0.25, 0.3) is 0 Å². The van der Waals surface area contributed by atoms with Crippen molar-refractivity contribution in [1.82, 2.24) is 0 Å². The van der Waals surface area contributed by atoms with Gasteiger partial charge in [0.15, 0.2) is 0 Å². The van der Waals surface area contributed by atoms with Gasteiger partial charge >= 0.3 is 0 Å². The minimum absolute atomic E-state index is 0.0953. The minimum atomic E-state index is -0.0953. The molecule has 0 aliphatic heterocycles. The lowest BCUT2D eigenvalue weighted by Gasteiger charge is -2.09. The zero-order chi connectivity index (χ0) is 19.2. The van der Waals surface area contributed by atoms with Gasteiger partial charge in [-0.3, -0.25) is 4.79 Å². The van der Waals surface area contributed by atoms with E-state index < -0.39 is 0 Å². The predicted molar refractivity (Wildman–Crippen MR) is 104 cm³/mol. The first-order chi connectivity index (χ1) is 13.2. The summed E-state index contributed by atoms with van der Waals surface area (Å²) >= 11 is 0. The Morgan fingerprint density at radius 1 is 0.778 bits per heavy atom. The zero-order valence-corrected chi connectivity index (χ0v) is 15.7. The van der Waals surface area contributed by atoms with Crippen molar-refractivity contribution in [1.29, 1.82) is 0 Å². The van der Waals surface area contributed by atoms with E-state index >= 15 is 0 Å². The number of hydrogen-bond donors (Lipinski definition) is 1. The SMILES string of the molecule is CC(=O)Nc1ccc(OCCOCCOCCOCc2ccccc2)cc1. The molecule has 0 bridgehead atoms. The van der Waals surface area contributed by atoms with Crippen LogP contribution in [0.4, 0.5) is 5.69 Å². The van der Waals surface area contributed by atoms with Crippen LogP contribution < -0.4 is 10.1 Å². The molecule has 0 saturated carbocycles. The lowest BCUT2D eigenvalue weighted by atomic mass is 10.2. The van der Waals surface area contributed by atoms with Crippen molar-refractivity contribution >= 4 is 11.6 Å². The second-order valence-electron chi connectivity index (χ2n) is 5.82. The molecule has 0 radical (unpaired) electrons. The Morgan fingerprint density at radius 2 is 1.37 bits per heavy atom. The van der Waals surface area contributed by atoms with E-state index in [9.17, 15) is 4.79 Å². The molecule has 0 fully saturated rings. The minimum Gasteiger partial charge on any atom is -0.491 e. The van der Waals surface area contributed by atoms with Crippen molar-refractivity contribution in [3.8, 4) is 5.75 Å². The summed E-state index contributed by atoms with van der Waals surface area (Å²) < 4.78 is 22.0. The number of carbonyl (C=O) groups is 1. The van der Waals surface area contributed by atoms with E-state index in [-0.39, 0.29) is 5.91 Å². The van der Waals surface area contributed by atoms with Crippen LogP contribution in [0.5, 0.6) is 5.75 Å². The maximum Gasteiger partial charge on any atom is 0.221 e. The summed E-state index contributed by atoms with van der Waals surface area (Å²) in [6.45, 7) is 5.18. The highest BCUT2D eigenvalue weighted by Gasteiger charge is 1.98. The van der Waals surface area contributed by atoms with Gasteiger partial charge in [0.05, 0.1) is 39.6 Å². The van der Waals surface area contributed by atoms with Crippen LogP contribution in [0.2, 0.25) is 0 Å². The quantitative estimate of drug-likeness (QED) is 0.546. The fraction of sp³-hybridized carbons (Fsp3) is 0.381. The number of hydrogen-bond acceptors (Lipinski definition) is 5. The highest BCUT2D eigenvalue weighted by atomic mass is 16.6. The summed E-state index contributed by atoms with van der Waals surface area (Å²) in [7, 11) is 0. The number of amides is 1. The molecule has 0 heterocycles. The maximum absolute atomic E-state index is 11.0. The Morgan fingerprint density at radius 3 is 2.00 bits per heavy atom. The monoisotopic (exact) mass is 373 g/mol. The third-order valence-electron chi connectivity index (χ3n) is 3.53. The summed E-state index contributed by atoms with van der Waals surface area (Å²) in [5.41, 5.74) is 1.90. The van der Waals surface area contributed by atoms with Crippen molar-refractivity contribution in [3.63, 3.8) is 0 Å². The number of anilines is 1. The molecule has 1 amide bonds. The normalized spacial score (nSPS) is 10.6. The van der Waals surface area contributed by atoms with Crippen LogP contribution in [0.3, 0.4) is 0 Å². The summed E-state index contributed by atoms with van der Waals surface area (Å²) in [4.78, 5) is 11.0. The van der Waals surface area contributed by atoms with E-state index in [1.165, 1.54) is 6.92 Å². The third kappa shape index (κ3) is 9.75. The Labute approximate surface area is 160 Å². The molecule has 0 unspecified atom stereocenters. The van der Waals surface area contributed by atoms with Gasteiger partial charge in [0, 0.05) is 12.6 Å². The van der Waals surface area contributed by atoms with Gasteiger partial charge in [-0.25, -0.2) is 0 Å². The summed E-state index contributed by atoms with van der Waals surface area (Å²) in [5.74, 6) is 0.640. The van der Waals surface area contributed by atoms with Gasteiger partial charge in [-0.05, 0) is 29.8 Å². The molecule has 0 saturated heterocycles. The smallest absolute Gasteiger partial charge is 0.221 e. The van der Waals surface area contributed by atoms with E-state index in [1.54, 1.807) is 12.1 Å². The zero-order valence-electron chi connectivity index (χ0n) is 15.7. The number of carbonyl (C=O) groups excluding carboxylic acids is 1. The third-order valence-corrected chi connectivity index (χ3v) is 3.53. The molecule has 2 aromatic carbocycles. The molecule has 1 N–H and O–H groups in total. The standard InChI is InChI=1S/C21H27NO5/c1-18(23)22-20-7-9-21(10-8-20)27-16-15-25-12-11-24-13-14-26-17-19-5-3-2-4-6-19/h2-10H,11-17H2,1H3,(H,22,23). The first-order valence-corrected chi connectivity index (χ1v) is 9.01. The van der Waals surface area contributed by atoms with Crippen molar-refractivity contribution in [3.05, 3.63) is 60.2 Å². The second kappa shape index (κ2) is 12.9. The number of rotatable bonds is 13. The Bertz CT molecular complexity index is 645. The van der Waals surface area contributed by atoms with Crippen LogP contribution in [0.25, 0.3) is 0 Å². The van der Waals surface area contributed by atoms with E-state index in [0.29, 0.717) is 46.2 Å². The van der Waals surface area contributed by atoms with Gasteiger partial charge in [-0.15, -0.1) is 0 Å². The van der Waals surface area contributed by atoms with Crippen LogP contribution in [-0.2, 0) is 25.6 Å². The molecule has 2 rings (SSSR count). The summed E-state index contributed by atoms with van der Waals surface area (Å²) in [6.07, 6.45) is 0. The van der Waals surface area contributed by atoms with Gasteiger partial charge < -0.3 is 24.3 Å². The van der Waals surface area contributed by atoms with Gasteiger partial charge in [0.2, 0.25) is 5.91 Å². The molecule has 0 aliphatic rings. The van der Waals surface area contributed by atoms with Gasteiger partial charge in [-0.2, -0.15) is 0 Å². The molecule has 0 spiro atoms. The van der Waals surface area contributed by atoms with Crippen LogP contribution in [0, 0.1) is 0 Å². The highest BCUT2D eigenvalue weighted by Crippen LogP contribution is 2.15. The maximum atomic E-state index is 11.0. The molecule has 6 nitrogen and oxygen atoms in total. The Hall–Kier alpha value is -2.41. The van der Waals surface area contributed by atoms with E-state index in [2.05, 4.69) is 5.32 Å². The van der Waals surface area contributed by atoms with Crippen molar-refractivity contribution in [2.24, 2.45) is 0 Å². The number of nitrogens with one attached hydrogen (secondary N) is 1. The molecule has 0 aromatic heterocycles. The van der Waals surface area contributed by atoms with Gasteiger partial charge in [-0.1, -0.05) is 30.3 Å². The number of ether oxygens (including phenoxy) is 4. The first kappa shape index (κ1) is 20.9. The van der Waals surface area contributed by atoms with E-state index in [0.717, 1.165) is 17.0 Å². The second-order valence-corrected chi connectivity index (χ2v) is 5.82.